The Morgan fingerprint density at radius 1 is 0.900 bits per heavy atom. The number of hydrogen-bond acceptors (Lipinski definition) is 4. The van der Waals surface area contributed by atoms with Gasteiger partial charge in [0.25, 0.3) is 11.8 Å². The van der Waals surface area contributed by atoms with Crippen LogP contribution in [0.15, 0.2) is 77.3 Å². The normalized spacial score (nSPS) is 10.2. The molecule has 0 fully saturated rings. The molecule has 0 heterocycles. The fourth-order valence-electron chi connectivity index (χ4n) is 2.60. The molecule has 3 aromatic rings. The number of carbonyl (C=O) groups is 2. The molecule has 0 spiro atoms. The van der Waals surface area contributed by atoms with Gasteiger partial charge in [0.15, 0.2) is 6.61 Å². The van der Waals surface area contributed by atoms with E-state index in [2.05, 4.69) is 26.8 Å². The van der Waals surface area contributed by atoms with Gasteiger partial charge >= 0.3 is 0 Å². The van der Waals surface area contributed by atoms with Crippen LogP contribution in [0.1, 0.15) is 21.5 Å². The van der Waals surface area contributed by atoms with Crippen molar-refractivity contribution in [3.63, 3.8) is 0 Å². The third-order valence-electron chi connectivity index (χ3n) is 4.18. The minimum atomic E-state index is -0.464. The Hall–Kier alpha value is -3.32. The highest BCUT2D eigenvalue weighted by Gasteiger charge is 2.09. The second-order valence-electron chi connectivity index (χ2n) is 6.50. The van der Waals surface area contributed by atoms with Crippen molar-refractivity contribution in [2.75, 3.05) is 6.61 Å². The molecule has 0 saturated heterocycles. The van der Waals surface area contributed by atoms with Crippen LogP contribution in [0.25, 0.3) is 0 Å². The van der Waals surface area contributed by atoms with Crippen LogP contribution in [0.5, 0.6) is 11.5 Å². The Bertz CT molecular complexity index is 1010. The summed E-state index contributed by atoms with van der Waals surface area (Å²) >= 11 is 3.37. The molecule has 0 aliphatic rings. The van der Waals surface area contributed by atoms with Crippen molar-refractivity contribution < 1.29 is 19.1 Å². The molecule has 2 N–H and O–H groups in total. The molecule has 0 atom stereocenters. The zero-order valence-electron chi connectivity index (χ0n) is 16.4. The van der Waals surface area contributed by atoms with Crippen molar-refractivity contribution in [2.45, 2.75) is 13.5 Å². The molecular weight excluding hydrogens is 448 g/mol. The van der Waals surface area contributed by atoms with E-state index in [1.54, 1.807) is 30.3 Å². The van der Waals surface area contributed by atoms with Crippen molar-refractivity contribution in [3.05, 3.63) is 94.0 Å². The van der Waals surface area contributed by atoms with E-state index in [9.17, 15) is 9.59 Å². The second kappa shape index (κ2) is 10.5. The van der Waals surface area contributed by atoms with E-state index in [4.69, 9.17) is 9.47 Å². The Morgan fingerprint density at radius 2 is 1.63 bits per heavy atom. The lowest BCUT2D eigenvalue weighted by molar-refractivity contribution is -0.123. The largest absolute Gasteiger partial charge is 0.489 e. The zero-order chi connectivity index (χ0) is 21.3. The summed E-state index contributed by atoms with van der Waals surface area (Å²) in [5.74, 6) is 0.356. The van der Waals surface area contributed by atoms with Crippen LogP contribution in [0.4, 0.5) is 0 Å². The fraction of sp³-hybridized carbons (Fsp3) is 0.130. The highest BCUT2D eigenvalue weighted by atomic mass is 79.9. The van der Waals surface area contributed by atoms with Gasteiger partial charge in [-0.15, -0.1) is 0 Å². The highest BCUT2D eigenvalue weighted by molar-refractivity contribution is 9.10. The number of rotatable bonds is 7. The number of benzene rings is 3. The fourth-order valence-corrected chi connectivity index (χ4v) is 3.07. The Labute approximate surface area is 183 Å². The topological polar surface area (TPSA) is 76.7 Å². The second-order valence-corrected chi connectivity index (χ2v) is 7.42. The number of hydrogen-bond donors (Lipinski definition) is 2. The first-order valence-electron chi connectivity index (χ1n) is 9.26. The van der Waals surface area contributed by atoms with Crippen molar-refractivity contribution in [1.29, 1.82) is 0 Å². The number of aryl methyl sites for hydroxylation is 1. The summed E-state index contributed by atoms with van der Waals surface area (Å²) in [5, 5.41) is 0. The van der Waals surface area contributed by atoms with E-state index in [0.717, 1.165) is 15.6 Å². The lowest BCUT2D eigenvalue weighted by Crippen LogP contribution is -2.43. The number of hydrazine groups is 1. The smallest absolute Gasteiger partial charge is 0.276 e. The molecule has 30 heavy (non-hydrogen) atoms. The van der Waals surface area contributed by atoms with Crippen LogP contribution in [0.3, 0.4) is 0 Å². The predicted octanol–water partition coefficient (Wildman–Crippen LogP) is 4.18. The third-order valence-corrected chi connectivity index (χ3v) is 4.67. The lowest BCUT2D eigenvalue weighted by atomic mass is 10.2. The molecule has 154 valence electrons. The van der Waals surface area contributed by atoms with Gasteiger partial charge < -0.3 is 9.47 Å². The van der Waals surface area contributed by atoms with E-state index in [1.165, 1.54) is 0 Å². The lowest BCUT2D eigenvalue weighted by Gasteiger charge is -2.11. The summed E-state index contributed by atoms with van der Waals surface area (Å²) in [7, 11) is 0. The first kappa shape index (κ1) is 21.4. The van der Waals surface area contributed by atoms with Crippen molar-refractivity contribution in [1.82, 2.24) is 10.9 Å². The third kappa shape index (κ3) is 6.35. The van der Waals surface area contributed by atoms with Crippen LogP contribution in [0, 0.1) is 6.92 Å². The van der Waals surface area contributed by atoms with Gasteiger partial charge in [0.05, 0.1) is 0 Å². The number of carbonyl (C=O) groups excluding carboxylic acids is 2. The Balaban J connectivity index is 1.43. The Morgan fingerprint density at radius 3 is 2.33 bits per heavy atom. The molecule has 3 aromatic carbocycles. The van der Waals surface area contributed by atoms with Gasteiger partial charge in [-0.3, -0.25) is 20.4 Å². The van der Waals surface area contributed by atoms with Gasteiger partial charge in [-0.1, -0.05) is 46.3 Å². The van der Waals surface area contributed by atoms with Gasteiger partial charge in [-0.2, -0.15) is 0 Å². The van der Waals surface area contributed by atoms with Crippen LogP contribution in [-0.2, 0) is 11.4 Å². The van der Waals surface area contributed by atoms with Crippen molar-refractivity contribution >= 4 is 27.7 Å². The van der Waals surface area contributed by atoms with E-state index >= 15 is 0 Å². The summed E-state index contributed by atoms with van der Waals surface area (Å²) in [4.78, 5) is 24.1. The van der Waals surface area contributed by atoms with Crippen LogP contribution < -0.4 is 20.3 Å². The highest BCUT2D eigenvalue weighted by Crippen LogP contribution is 2.22. The van der Waals surface area contributed by atoms with Crippen molar-refractivity contribution in [2.24, 2.45) is 0 Å². The summed E-state index contributed by atoms with van der Waals surface area (Å²) in [6.45, 7) is 2.11. The molecule has 6 nitrogen and oxygen atoms in total. The number of amides is 2. The minimum absolute atomic E-state index is 0.213. The zero-order valence-corrected chi connectivity index (χ0v) is 17.9. The van der Waals surface area contributed by atoms with Gasteiger partial charge in [0.1, 0.15) is 18.1 Å². The first-order valence-corrected chi connectivity index (χ1v) is 10.1. The number of ether oxygens (including phenoxy) is 2. The summed E-state index contributed by atoms with van der Waals surface area (Å²) in [6, 6.07) is 22.0. The van der Waals surface area contributed by atoms with Gasteiger partial charge in [0, 0.05) is 10.0 Å². The van der Waals surface area contributed by atoms with Crippen LogP contribution >= 0.6 is 15.9 Å². The maximum Gasteiger partial charge on any atom is 0.276 e. The molecular formula is C23H21BrN2O4. The van der Waals surface area contributed by atoms with E-state index in [-0.39, 0.29) is 6.61 Å². The molecule has 0 bridgehead atoms. The van der Waals surface area contributed by atoms with Gasteiger partial charge in [-0.25, -0.2) is 0 Å². The standard InChI is InChI=1S/C23H21BrN2O4/c1-16-13-19(24)9-12-21(16)30-15-22(27)25-26-23(28)18-7-10-20(11-8-18)29-14-17-5-3-2-4-6-17/h2-13H,14-15H2,1H3,(H,25,27)(H,26,28). The summed E-state index contributed by atoms with van der Waals surface area (Å²) < 4.78 is 12.1. The van der Waals surface area contributed by atoms with E-state index in [1.807, 2.05) is 49.4 Å². The SMILES string of the molecule is Cc1cc(Br)ccc1OCC(=O)NNC(=O)c1ccc(OCc2ccccc2)cc1. The van der Waals surface area contributed by atoms with Gasteiger partial charge in [-0.05, 0) is 60.5 Å². The van der Waals surface area contributed by atoms with Crippen molar-refractivity contribution in [3.8, 4) is 11.5 Å². The van der Waals surface area contributed by atoms with E-state index < -0.39 is 11.8 Å². The monoisotopic (exact) mass is 468 g/mol. The van der Waals surface area contributed by atoms with Crippen LogP contribution in [0.2, 0.25) is 0 Å². The maximum absolute atomic E-state index is 12.2. The predicted molar refractivity (Wildman–Crippen MR) is 117 cm³/mol. The molecule has 0 aliphatic carbocycles. The minimum Gasteiger partial charge on any atom is -0.489 e. The molecule has 0 aromatic heterocycles. The Kier molecular flexibility index (Phi) is 7.45. The van der Waals surface area contributed by atoms with Crippen LogP contribution in [-0.4, -0.2) is 18.4 Å². The molecule has 0 unspecified atom stereocenters. The molecule has 7 heteroatoms. The summed E-state index contributed by atoms with van der Waals surface area (Å²) in [6.07, 6.45) is 0. The molecule has 0 saturated carbocycles. The molecule has 0 radical (unpaired) electrons. The quantitative estimate of drug-likeness (QED) is 0.510. The van der Waals surface area contributed by atoms with E-state index in [0.29, 0.717) is 23.7 Å². The molecule has 3 rings (SSSR count). The molecule has 0 aliphatic heterocycles. The average molecular weight is 469 g/mol. The number of halogens is 1. The number of nitrogens with one attached hydrogen (secondary N) is 2. The van der Waals surface area contributed by atoms with Gasteiger partial charge in [0.2, 0.25) is 0 Å². The molecule has 2 amide bonds. The maximum atomic E-state index is 12.2. The summed E-state index contributed by atoms with van der Waals surface area (Å²) in [5.41, 5.74) is 7.06. The average Bonchev–Trinajstić information content (AvgIpc) is 2.76. The first-order chi connectivity index (χ1) is 14.5.